The van der Waals surface area contributed by atoms with Crippen molar-refractivity contribution in [2.75, 3.05) is 13.9 Å². The molecule has 1 N–H and O–H groups in total. The summed E-state index contributed by atoms with van der Waals surface area (Å²) in [5.74, 6) is -0.685. The number of Topliss-reactive ketones (excluding diaryl/α,β-unsaturated/α-hetero) is 1. The van der Waals surface area contributed by atoms with Gasteiger partial charge in [0.1, 0.15) is 5.75 Å². The van der Waals surface area contributed by atoms with Crippen molar-refractivity contribution in [3.8, 4) is 17.2 Å². The summed E-state index contributed by atoms with van der Waals surface area (Å²) in [6, 6.07) is 14.8. The summed E-state index contributed by atoms with van der Waals surface area (Å²) in [6.45, 7) is -0.0197. The van der Waals surface area contributed by atoms with Crippen molar-refractivity contribution in [2.24, 2.45) is 0 Å². The maximum atomic E-state index is 13.5. The molecular formula is C26H19F3O6. The lowest BCUT2D eigenvalue weighted by Crippen LogP contribution is -2.14. The van der Waals surface area contributed by atoms with E-state index in [0.717, 1.165) is 12.1 Å². The molecule has 0 spiro atoms. The Balaban J connectivity index is 1.83. The Morgan fingerprint density at radius 1 is 0.914 bits per heavy atom. The molecule has 1 aliphatic rings. The van der Waals surface area contributed by atoms with Gasteiger partial charge in [0.15, 0.2) is 17.3 Å². The Bertz CT molecular complexity index is 1290. The molecule has 3 aromatic rings. The minimum atomic E-state index is -4.52. The van der Waals surface area contributed by atoms with E-state index < -0.39 is 23.5 Å². The van der Waals surface area contributed by atoms with Gasteiger partial charge in [0, 0.05) is 17.6 Å². The summed E-state index contributed by atoms with van der Waals surface area (Å²) in [7, 11) is 1.47. The highest BCUT2D eigenvalue weighted by Gasteiger charge is 2.30. The van der Waals surface area contributed by atoms with E-state index in [2.05, 4.69) is 0 Å². The van der Waals surface area contributed by atoms with Crippen LogP contribution in [0.5, 0.6) is 17.2 Å². The van der Waals surface area contributed by atoms with E-state index in [1.165, 1.54) is 49.6 Å². The summed E-state index contributed by atoms with van der Waals surface area (Å²) in [5, 5.41) is 10.1. The molecule has 6 nitrogen and oxygen atoms in total. The fourth-order valence-corrected chi connectivity index (χ4v) is 3.69. The highest BCUT2D eigenvalue weighted by Crippen LogP contribution is 2.36. The number of carbonyl (C=O) groups is 2. The fraction of sp³-hybridized carbons (Fsp3) is 0.154. The average molecular weight is 484 g/mol. The van der Waals surface area contributed by atoms with Gasteiger partial charge in [-0.25, -0.2) is 4.79 Å². The van der Waals surface area contributed by atoms with Crippen LogP contribution in [0.2, 0.25) is 0 Å². The van der Waals surface area contributed by atoms with Crippen LogP contribution in [0.3, 0.4) is 0 Å². The Labute approximate surface area is 198 Å². The molecule has 0 amide bonds. The van der Waals surface area contributed by atoms with Gasteiger partial charge in [-0.15, -0.1) is 0 Å². The van der Waals surface area contributed by atoms with Gasteiger partial charge in [0.05, 0.1) is 18.2 Å². The van der Waals surface area contributed by atoms with Gasteiger partial charge in [-0.05, 0) is 59.7 Å². The second-order valence-corrected chi connectivity index (χ2v) is 7.66. The monoisotopic (exact) mass is 484 g/mol. The first kappa shape index (κ1) is 23.9. The van der Waals surface area contributed by atoms with Crippen molar-refractivity contribution in [3.05, 3.63) is 94.6 Å². The van der Waals surface area contributed by atoms with E-state index >= 15 is 0 Å². The number of fused-ring (bicyclic) bond motifs is 1. The molecule has 0 fully saturated rings. The van der Waals surface area contributed by atoms with Crippen LogP contribution < -0.4 is 14.2 Å². The van der Waals surface area contributed by atoms with Crippen LogP contribution in [-0.2, 0) is 17.4 Å². The molecule has 1 aliphatic heterocycles. The number of carbonyl (C=O) groups excluding carboxylic acids is 1. The molecule has 0 unspecified atom stereocenters. The van der Waals surface area contributed by atoms with E-state index in [1.54, 1.807) is 12.1 Å². The number of rotatable bonds is 7. The van der Waals surface area contributed by atoms with Crippen molar-refractivity contribution in [1.82, 2.24) is 0 Å². The third-order valence-corrected chi connectivity index (χ3v) is 5.47. The zero-order valence-corrected chi connectivity index (χ0v) is 18.4. The highest BCUT2D eigenvalue weighted by molar-refractivity contribution is 6.26. The summed E-state index contributed by atoms with van der Waals surface area (Å²) in [6.07, 6.45) is -4.73. The predicted octanol–water partition coefficient (Wildman–Crippen LogP) is 5.41. The number of hydrogen-bond acceptors (Lipinski definition) is 5. The minimum absolute atomic E-state index is 0.0197. The first-order valence-corrected chi connectivity index (χ1v) is 10.4. The van der Waals surface area contributed by atoms with Gasteiger partial charge < -0.3 is 19.3 Å². The summed E-state index contributed by atoms with van der Waals surface area (Å²) in [4.78, 5) is 25.9. The number of alkyl halides is 3. The number of ether oxygens (including phenoxy) is 3. The quantitative estimate of drug-likeness (QED) is 0.357. The number of benzene rings is 3. The molecule has 180 valence electrons. The predicted molar refractivity (Wildman–Crippen MR) is 120 cm³/mol. The van der Waals surface area contributed by atoms with Gasteiger partial charge in [-0.2, -0.15) is 13.2 Å². The second kappa shape index (κ2) is 9.54. The molecule has 0 aromatic heterocycles. The van der Waals surface area contributed by atoms with Crippen molar-refractivity contribution >= 4 is 17.3 Å². The lowest BCUT2D eigenvalue weighted by molar-refractivity contribution is -0.137. The molecule has 1 heterocycles. The summed E-state index contributed by atoms with van der Waals surface area (Å²) in [5.41, 5.74) is -0.486. The maximum Gasteiger partial charge on any atom is 0.416 e. The van der Waals surface area contributed by atoms with Gasteiger partial charge in [-0.3, -0.25) is 4.79 Å². The molecule has 9 heteroatoms. The topological polar surface area (TPSA) is 82.1 Å². The molecule has 0 radical (unpaired) electrons. The van der Waals surface area contributed by atoms with Crippen LogP contribution in [0.15, 0.2) is 72.3 Å². The van der Waals surface area contributed by atoms with E-state index in [4.69, 9.17) is 14.2 Å². The van der Waals surface area contributed by atoms with Crippen LogP contribution in [-0.4, -0.2) is 30.8 Å². The van der Waals surface area contributed by atoms with Crippen LogP contribution in [0, 0.1) is 0 Å². The Morgan fingerprint density at radius 2 is 1.54 bits per heavy atom. The number of methoxy groups -OCH3 is 1. The smallest absolute Gasteiger partial charge is 0.416 e. The number of carboxylic acid groups (broad SMARTS) is 1. The number of carboxylic acids is 1. The molecule has 0 saturated carbocycles. The molecule has 0 atom stereocenters. The lowest BCUT2D eigenvalue weighted by Gasteiger charge is -2.14. The standard InChI is InChI=1S/C26H19F3O6/c1-33-19-9-4-16(5-10-19)24(30)20(12-15-2-7-18(8-3-15)26(27,28)29)23(25(31)32)17-6-11-21-22(13-17)35-14-34-21/h2-11,13H,12,14H2,1H3,(H,31,32). The van der Waals surface area contributed by atoms with E-state index in [1.807, 2.05) is 0 Å². The zero-order chi connectivity index (χ0) is 25.2. The summed E-state index contributed by atoms with van der Waals surface area (Å²) >= 11 is 0. The van der Waals surface area contributed by atoms with E-state index in [0.29, 0.717) is 22.8 Å². The average Bonchev–Trinajstić information content (AvgIpc) is 3.31. The first-order chi connectivity index (χ1) is 16.7. The Morgan fingerprint density at radius 3 is 2.14 bits per heavy atom. The van der Waals surface area contributed by atoms with Crippen molar-refractivity contribution in [2.45, 2.75) is 12.6 Å². The van der Waals surface area contributed by atoms with Crippen molar-refractivity contribution in [3.63, 3.8) is 0 Å². The highest BCUT2D eigenvalue weighted by atomic mass is 19.4. The molecular weight excluding hydrogens is 465 g/mol. The number of halogens is 3. The van der Waals surface area contributed by atoms with Gasteiger partial charge in [0.25, 0.3) is 0 Å². The van der Waals surface area contributed by atoms with Gasteiger partial charge >= 0.3 is 12.1 Å². The van der Waals surface area contributed by atoms with Crippen LogP contribution in [0.1, 0.15) is 27.0 Å². The molecule has 35 heavy (non-hydrogen) atoms. The number of aliphatic carboxylic acids is 1. The molecule has 3 aromatic carbocycles. The largest absolute Gasteiger partial charge is 0.497 e. The summed E-state index contributed by atoms with van der Waals surface area (Å²) < 4.78 is 54.7. The minimum Gasteiger partial charge on any atom is -0.497 e. The van der Waals surface area contributed by atoms with Gasteiger partial charge in [-0.1, -0.05) is 18.2 Å². The maximum absolute atomic E-state index is 13.5. The Hall–Kier alpha value is -4.27. The normalized spacial score (nSPS) is 13.3. The van der Waals surface area contributed by atoms with E-state index in [-0.39, 0.29) is 35.5 Å². The number of allylic oxidation sites excluding steroid dienone is 1. The molecule has 0 bridgehead atoms. The lowest BCUT2D eigenvalue weighted by atomic mass is 9.89. The first-order valence-electron chi connectivity index (χ1n) is 10.4. The molecule has 0 saturated heterocycles. The van der Waals surface area contributed by atoms with Crippen LogP contribution in [0.4, 0.5) is 13.2 Å². The Kier molecular flexibility index (Phi) is 6.50. The second-order valence-electron chi connectivity index (χ2n) is 7.66. The molecule has 0 aliphatic carbocycles. The number of ketones is 1. The molecule has 4 rings (SSSR count). The van der Waals surface area contributed by atoms with Crippen LogP contribution in [0.25, 0.3) is 5.57 Å². The van der Waals surface area contributed by atoms with Crippen molar-refractivity contribution < 1.29 is 42.1 Å². The zero-order valence-electron chi connectivity index (χ0n) is 18.4. The van der Waals surface area contributed by atoms with Crippen molar-refractivity contribution in [1.29, 1.82) is 0 Å². The third-order valence-electron chi connectivity index (χ3n) is 5.47. The fourth-order valence-electron chi connectivity index (χ4n) is 3.69. The van der Waals surface area contributed by atoms with Gasteiger partial charge in [0.2, 0.25) is 6.79 Å². The third kappa shape index (κ3) is 5.13. The van der Waals surface area contributed by atoms with E-state index in [9.17, 15) is 27.9 Å². The SMILES string of the molecule is COc1ccc(C(=O)C(Cc2ccc(C(F)(F)F)cc2)=C(C(=O)O)c2ccc3c(c2)OCO3)cc1. The van der Waals surface area contributed by atoms with Crippen LogP contribution >= 0.6 is 0 Å². The number of hydrogen-bond donors (Lipinski definition) is 1.